The van der Waals surface area contributed by atoms with Crippen molar-refractivity contribution in [2.75, 3.05) is 5.73 Å². The number of nitrogen functional groups attached to an aromatic ring is 1. The molecular formula is C11H11ClN2O. The van der Waals surface area contributed by atoms with Crippen molar-refractivity contribution in [3.05, 3.63) is 46.7 Å². The minimum Gasteiger partial charge on any atom is -0.380 e. The van der Waals surface area contributed by atoms with Crippen molar-refractivity contribution in [1.29, 1.82) is 0 Å². The van der Waals surface area contributed by atoms with Gasteiger partial charge in [0.05, 0.1) is 0 Å². The van der Waals surface area contributed by atoms with E-state index in [9.17, 15) is 0 Å². The van der Waals surface area contributed by atoms with Gasteiger partial charge in [-0.25, -0.2) is 0 Å². The Kier molecular flexibility index (Phi) is 2.92. The first-order chi connectivity index (χ1) is 7.27. The summed E-state index contributed by atoms with van der Waals surface area (Å²) in [7, 11) is 0. The molecule has 0 atom stereocenters. The quantitative estimate of drug-likeness (QED) is 0.869. The molecule has 0 fully saturated rings. The molecule has 0 unspecified atom stereocenters. The predicted molar refractivity (Wildman–Crippen MR) is 59.8 cm³/mol. The summed E-state index contributed by atoms with van der Waals surface area (Å²) in [6.07, 6.45) is 1.59. The van der Waals surface area contributed by atoms with Gasteiger partial charge in [-0.2, -0.15) is 0 Å². The van der Waals surface area contributed by atoms with Gasteiger partial charge in [0.2, 0.25) is 0 Å². The molecule has 0 aliphatic heterocycles. The Balaban J connectivity index is 2.02. The molecule has 1 heterocycles. The van der Waals surface area contributed by atoms with E-state index in [1.807, 2.05) is 18.2 Å². The van der Waals surface area contributed by atoms with Gasteiger partial charge in [0.1, 0.15) is 5.02 Å². The Morgan fingerprint density at radius 2 is 1.93 bits per heavy atom. The second-order valence-corrected chi connectivity index (χ2v) is 3.67. The van der Waals surface area contributed by atoms with Gasteiger partial charge in [-0.1, -0.05) is 47.1 Å². The number of hydrogen-bond donors (Lipinski definition) is 1. The smallest absolute Gasteiger partial charge is 0.185 e. The average Bonchev–Trinajstić information content (AvgIpc) is 2.59. The largest absolute Gasteiger partial charge is 0.380 e. The molecule has 0 bridgehead atoms. The summed E-state index contributed by atoms with van der Waals surface area (Å²) in [4.78, 5) is 0. The maximum Gasteiger partial charge on any atom is 0.185 e. The number of nitrogens with zero attached hydrogens (tertiary/aromatic N) is 1. The van der Waals surface area contributed by atoms with Crippen LogP contribution in [-0.2, 0) is 12.8 Å². The molecule has 15 heavy (non-hydrogen) atoms. The lowest BCUT2D eigenvalue weighted by molar-refractivity contribution is 0.386. The van der Waals surface area contributed by atoms with E-state index in [0.29, 0.717) is 17.2 Å². The summed E-state index contributed by atoms with van der Waals surface area (Å²) in [6.45, 7) is 0. The number of aromatic nitrogens is 1. The Morgan fingerprint density at radius 3 is 2.53 bits per heavy atom. The van der Waals surface area contributed by atoms with Crippen LogP contribution in [0.25, 0.3) is 0 Å². The molecule has 78 valence electrons. The number of anilines is 1. The van der Waals surface area contributed by atoms with E-state index >= 15 is 0 Å². The number of rotatable bonds is 3. The highest BCUT2D eigenvalue weighted by Gasteiger charge is 2.10. The molecule has 1 aromatic carbocycles. The van der Waals surface area contributed by atoms with Gasteiger partial charge in [-0.05, 0) is 12.0 Å². The fraction of sp³-hybridized carbons (Fsp3) is 0.182. The van der Waals surface area contributed by atoms with E-state index in [0.717, 1.165) is 6.42 Å². The predicted octanol–water partition coefficient (Wildman–Crippen LogP) is 2.70. The first kappa shape index (κ1) is 10.1. The molecule has 2 N–H and O–H groups in total. The summed E-state index contributed by atoms with van der Waals surface area (Å²) in [5, 5.41) is 4.04. The minimum absolute atomic E-state index is 0.264. The van der Waals surface area contributed by atoms with E-state index in [-0.39, 0.29) is 5.82 Å². The van der Waals surface area contributed by atoms with Gasteiger partial charge in [0, 0.05) is 6.42 Å². The van der Waals surface area contributed by atoms with Crippen molar-refractivity contribution in [2.24, 2.45) is 0 Å². The normalized spacial score (nSPS) is 10.5. The second-order valence-electron chi connectivity index (χ2n) is 3.29. The lowest BCUT2D eigenvalue weighted by atomic mass is 10.1. The van der Waals surface area contributed by atoms with Crippen LogP contribution < -0.4 is 5.73 Å². The van der Waals surface area contributed by atoms with Gasteiger partial charge >= 0.3 is 0 Å². The molecule has 4 heteroatoms. The standard InChI is InChI=1S/C11H11ClN2O/c12-10-9(15-14-11(10)13)7-6-8-4-2-1-3-5-8/h1-5H,6-7H2,(H2,13,14). The van der Waals surface area contributed by atoms with Crippen LogP contribution in [0.5, 0.6) is 0 Å². The first-order valence-corrected chi connectivity index (χ1v) is 5.08. The molecule has 2 aromatic rings. The van der Waals surface area contributed by atoms with Crippen molar-refractivity contribution in [1.82, 2.24) is 5.16 Å². The Bertz CT molecular complexity index is 439. The molecule has 0 radical (unpaired) electrons. The summed E-state index contributed by atoms with van der Waals surface area (Å²) in [6, 6.07) is 10.1. The number of aryl methyl sites for hydroxylation is 2. The molecule has 0 aliphatic carbocycles. The van der Waals surface area contributed by atoms with Crippen molar-refractivity contribution >= 4 is 17.4 Å². The van der Waals surface area contributed by atoms with Gasteiger partial charge in [-0.15, -0.1) is 0 Å². The van der Waals surface area contributed by atoms with Crippen molar-refractivity contribution in [3.8, 4) is 0 Å². The summed E-state index contributed by atoms with van der Waals surface area (Å²) >= 11 is 5.89. The van der Waals surface area contributed by atoms with E-state index in [1.54, 1.807) is 0 Å². The Hall–Kier alpha value is -1.48. The van der Waals surface area contributed by atoms with Gasteiger partial charge in [0.25, 0.3) is 0 Å². The van der Waals surface area contributed by atoms with Crippen LogP contribution in [0.2, 0.25) is 5.02 Å². The molecular weight excluding hydrogens is 212 g/mol. The summed E-state index contributed by atoms with van der Waals surface area (Å²) in [5.74, 6) is 0.915. The second kappa shape index (κ2) is 4.36. The molecule has 0 saturated carbocycles. The van der Waals surface area contributed by atoms with Crippen LogP contribution in [0.15, 0.2) is 34.9 Å². The van der Waals surface area contributed by atoms with Crippen LogP contribution in [0, 0.1) is 0 Å². The molecule has 2 rings (SSSR count). The summed E-state index contributed by atoms with van der Waals surface area (Å²) in [5.41, 5.74) is 6.71. The lowest BCUT2D eigenvalue weighted by Gasteiger charge is -1.97. The molecule has 0 spiro atoms. The SMILES string of the molecule is Nc1noc(CCc2ccccc2)c1Cl. The first-order valence-electron chi connectivity index (χ1n) is 4.71. The molecule has 0 aliphatic rings. The molecule has 0 saturated heterocycles. The molecule has 0 amide bonds. The third-order valence-corrected chi connectivity index (χ3v) is 2.61. The van der Waals surface area contributed by atoms with E-state index in [4.69, 9.17) is 21.9 Å². The summed E-state index contributed by atoms with van der Waals surface area (Å²) < 4.78 is 5.01. The highest BCUT2D eigenvalue weighted by atomic mass is 35.5. The highest BCUT2D eigenvalue weighted by Crippen LogP contribution is 2.23. The third-order valence-electron chi connectivity index (χ3n) is 2.21. The van der Waals surface area contributed by atoms with Crippen LogP contribution in [0.4, 0.5) is 5.82 Å². The topological polar surface area (TPSA) is 52.0 Å². The zero-order valence-corrected chi connectivity index (χ0v) is 8.87. The van der Waals surface area contributed by atoms with E-state index in [1.165, 1.54) is 5.56 Å². The number of nitrogens with two attached hydrogens (primary N) is 1. The highest BCUT2D eigenvalue weighted by molar-refractivity contribution is 6.33. The molecule has 3 nitrogen and oxygen atoms in total. The molecule has 1 aromatic heterocycles. The van der Waals surface area contributed by atoms with Gasteiger partial charge in [0.15, 0.2) is 11.6 Å². The maximum atomic E-state index is 5.89. The van der Waals surface area contributed by atoms with Gasteiger partial charge in [-0.3, -0.25) is 0 Å². The van der Waals surface area contributed by atoms with Crippen LogP contribution in [0.1, 0.15) is 11.3 Å². The Labute approximate surface area is 92.8 Å². The van der Waals surface area contributed by atoms with Crippen LogP contribution in [-0.4, -0.2) is 5.16 Å². The zero-order valence-electron chi connectivity index (χ0n) is 8.11. The fourth-order valence-corrected chi connectivity index (χ4v) is 1.55. The monoisotopic (exact) mass is 222 g/mol. The average molecular weight is 223 g/mol. The maximum absolute atomic E-state index is 5.89. The number of benzene rings is 1. The van der Waals surface area contributed by atoms with Crippen molar-refractivity contribution in [3.63, 3.8) is 0 Å². The van der Waals surface area contributed by atoms with E-state index in [2.05, 4.69) is 17.3 Å². The zero-order chi connectivity index (χ0) is 10.7. The third kappa shape index (κ3) is 2.30. The lowest BCUT2D eigenvalue weighted by Crippen LogP contribution is -1.90. The van der Waals surface area contributed by atoms with Crippen molar-refractivity contribution < 1.29 is 4.52 Å². The minimum atomic E-state index is 0.264. The van der Waals surface area contributed by atoms with Crippen LogP contribution >= 0.6 is 11.6 Å². The van der Waals surface area contributed by atoms with Crippen molar-refractivity contribution in [2.45, 2.75) is 12.8 Å². The number of halogens is 1. The number of hydrogen-bond acceptors (Lipinski definition) is 3. The van der Waals surface area contributed by atoms with Gasteiger partial charge < -0.3 is 10.3 Å². The Morgan fingerprint density at radius 1 is 1.20 bits per heavy atom. The van der Waals surface area contributed by atoms with Crippen LogP contribution in [0.3, 0.4) is 0 Å². The fourth-order valence-electron chi connectivity index (χ4n) is 1.39. The van der Waals surface area contributed by atoms with E-state index < -0.39 is 0 Å².